The minimum Gasteiger partial charge on any atom is -0.378 e. The molecule has 1 aliphatic heterocycles. The van der Waals surface area contributed by atoms with Gasteiger partial charge in [-0.1, -0.05) is 12.1 Å². The van der Waals surface area contributed by atoms with Gasteiger partial charge in [-0.05, 0) is 18.6 Å². The molecule has 1 atom stereocenters. The molecule has 0 radical (unpaired) electrons. The average Bonchev–Trinajstić information content (AvgIpc) is 2.89. The van der Waals surface area contributed by atoms with Crippen LogP contribution in [-0.4, -0.2) is 47.8 Å². The Morgan fingerprint density at radius 1 is 1.50 bits per heavy atom. The van der Waals surface area contributed by atoms with Crippen molar-refractivity contribution in [3.63, 3.8) is 0 Å². The van der Waals surface area contributed by atoms with Gasteiger partial charge in [-0.2, -0.15) is 0 Å². The monoisotopic (exact) mass is 302 g/mol. The van der Waals surface area contributed by atoms with Crippen LogP contribution in [0.3, 0.4) is 0 Å². The van der Waals surface area contributed by atoms with E-state index >= 15 is 0 Å². The molecule has 1 unspecified atom stereocenters. The summed E-state index contributed by atoms with van der Waals surface area (Å²) in [6.45, 7) is 2.52. The van der Waals surface area contributed by atoms with Crippen LogP contribution in [-0.2, 0) is 23.0 Å². The molecule has 1 aromatic heterocycles. The first-order chi connectivity index (χ1) is 10.8. The first kappa shape index (κ1) is 15.0. The quantitative estimate of drug-likeness (QED) is 0.794. The smallest absolute Gasteiger partial charge is 0.239 e. The second-order valence-corrected chi connectivity index (χ2v) is 5.55. The zero-order chi connectivity index (χ0) is 15.4. The Labute approximate surface area is 129 Å². The van der Waals surface area contributed by atoms with Gasteiger partial charge >= 0.3 is 0 Å². The Balaban J connectivity index is 1.48. The highest BCUT2D eigenvalue weighted by molar-refractivity contribution is 5.82. The Bertz CT molecular complexity index is 647. The molecule has 2 heterocycles. The summed E-state index contributed by atoms with van der Waals surface area (Å²) in [6, 6.07) is 7.90. The van der Waals surface area contributed by atoms with Crippen LogP contribution >= 0.6 is 0 Å². The highest BCUT2D eigenvalue weighted by Gasteiger charge is 2.20. The van der Waals surface area contributed by atoms with Crippen LogP contribution in [0.15, 0.2) is 24.3 Å². The number of carbonyl (C=O) groups is 1. The Hall–Kier alpha value is -1.92. The van der Waals surface area contributed by atoms with Crippen LogP contribution in [0.25, 0.3) is 11.0 Å². The second kappa shape index (κ2) is 6.89. The molecule has 1 fully saturated rings. The van der Waals surface area contributed by atoms with Crippen molar-refractivity contribution in [1.82, 2.24) is 20.2 Å². The van der Waals surface area contributed by atoms with Crippen molar-refractivity contribution in [2.75, 3.05) is 26.3 Å². The molecule has 6 heteroatoms. The normalized spacial score (nSPS) is 18.5. The summed E-state index contributed by atoms with van der Waals surface area (Å²) in [6.07, 6.45) is 1.72. The van der Waals surface area contributed by atoms with Crippen LogP contribution in [0.2, 0.25) is 0 Å². The maximum absolute atomic E-state index is 11.9. The van der Waals surface area contributed by atoms with E-state index in [4.69, 9.17) is 4.74 Å². The zero-order valence-corrected chi connectivity index (χ0v) is 12.8. The van der Waals surface area contributed by atoms with Gasteiger partial charge in [0.25, 0.3) is 0 Å². The zero-order valence-electron chi connectivity index (χ0n) is 12.8. The van der Waals surface area contributed by atoms with Gasteiger partial charge in [-0.25, -0.2) is 4.98 Å². The van der Waals surface area contributed by atoms with E-state index in [9.17, 15) is 4.79 Å². The Morgan fingerprint density at radius 3 is 3.14 bits per heavy atom. The van der Waals surface area contributed by atoms with Gasteiger partial charge in [0.05, 0.1) is 24.2 Å². The summed E-state index contributed by atoms with van der Waals surface area (Å²) in [5.74, 6) is 1.07. The molecule has 1 amide bonds. The predicted molar refractivity (Wildman–Crippen MR) is 84.7 cm³/mol. The van der Waals surface area contributed by atoms with Gasteiger partial charge in [-0.3, -0.25) is 4.79 Å². The van der Waals surface area contributed by atoms with Gasteiger partial charge in [-0.15, -0.1) is 0 Å². The largest absolute Gasteiger partial charge is 0.378 e. The molecule has 0 aliphatic carbocycles. The number of nitrogens with zero attached hydrogens (tertiary/aromatic N) is 2. The average molecular weight is 302 g/mol. The number of hydrogen-bond acceptors (Lipinski definition) is 4. The third-order valence-electron chi connectivity index (χ3n) is 3.99. The van der Waals surface area contributed by atoms with Crippen LogP contribution in [0, 0.1) is 0 Å². The number of fused-ring (bicyclic) bond motifs is 1. The lowest BCUT2D eigenvalue weighted by atomic mass is 10.2. The van der Waals surface area contributed by atoms with Gasteiger partial charge in [0.15, 0.2) is 0 Å². The number of nitrogens with one attached hydrogen (secondary N) is 2. The van der Waals surface area contributed by atoms with Crippen molar-refractivity contribution in [3.8, 4) is 0 Å². The summed E-state index contributed by atoms with van der Waals surface area (Å²) < 4.78 is 7.41. The number of hydrogen-bond donors (Lipinski definition) is 2. The van der Waals surface area contributed by atoms with Gasteiger partial charge in [0, 0.05) is 26.6 Å². The van der Waals surface area contributed by atoms with Gasteiger partial charge in [0.2, 0.25) is 5.91 Å². The molecule has 3 rings (SSSR count). The van der Waals surface area contributed by atoms with E-state index in [2.05, 4.69) is 26.3 Å². The molecule has 1 saturated heterocycles. The standard InChI is InChI=1S/C16H22N4O2/c1-20-14-6-3-2-5-12(14)19-15(20)7-4-8-18-16(21)13-11-22-10-9-17-13/h2-3,5-6,13,17H,4,7-11H2,1H3,(H,18,21). The number of amides is 1. The summed E-state index contributed by atoms with van der Waals surface area (Å²) in [5.41, 5.74) is 2.16. The lowest BCUT2D eigenvalue weighted by Crippen LogP contribution is -2.51. The molecule has 6 nitrogen and oxygen atoms in total. The fraction of sp³-hybridized carbons (Fsp3) is 0.500. The van der Waals surface area contributed by atoms with E-state index in [-0.39, 0.29) is 11.9 Å². The first-order valence-corrected chi connectivity index (χ1v) is 7.75. The number of aromatic nitrogens is 2. The Kier molecular flexibility index (Phi) is 4.70. The number of imidazole rings is 1. The molecular formula is C16H22N4O2. The lowest BCUT2D eigenvalue weighted by molar-refractivity contribution is -0.125. The highest BCUT2D eigenvalue weighted by Crippen LogP contribution is 2.14. The number of para-hydroxylation sites is 2. The first-order valence-electron chi connectivity index (χ1n) is 7.75. The second-order valence-electron chi connectivity index (χ2n) is 5.55. The molecule has 2 N–H and O–H groups in total. The predicted octanol–water partition coefficient (Wildman–Crippen LogP) is 0.611. The molecule has 0 saturated carbocycles. The molecule has 0 spiro atoms. The molecule has 0 bridgehead atoms. The van der Waals surface area contributed by atoms with E-state index in [1.165, 1.54) is 0 Å². The molecule has 2 aromatic rings. The number of ether oxygens (including phenoxy) is 1. The number of morpholine rings is 1. The van der Waals surface area contributed by atoms with Crippen LogP contribution in [0.4, 0.5) is 0 Å². The highest BCUT2D eigenvalue weighted by atomic mass is 16.5. The Morgan fingerprint density at radius 2 is 2.36 bits per heavy atom. The third-order valence-corrected chi connectivity index (χ3v) is 3.99. The van der Waals surface area contributed by atoms with Crippen molar-refractivity contribution in [2.45, 2.75) is 18.9 Å². The molecular weight excluding hydrogens is 280 g/mol. The molecule has 22 heavy (non-hydrogen) atoms. The molecule has 118 valence electrons. The number of carbonyl (C=O) groups excluding carboxylic acids is 1. The minimum atomic E-state index is -0.218. The van der Waals surface area contributed by atoms with E-state index in [0.29, 0.717) is 19.8 Å². The van der Waals surface area contributed by atoms with E-state index in [0.717, 1.165) is 36.2 Å². The lowest BCUT2D eigenvalue weighted by Gasteiger charge is -2.22. The number of benzene rings is 1. The summed E-state index contributed by atoms with van der Waals surface area (Å²) in [5, 5.41) is 6.11. The minimum absolute atomic E-state index is 0.0182. The van der Waals surface area contributed by atoms with E-state index < -0.39 is 0 Å². The van der Waals surface area contributed by atoms with E-state index in [1.54, 1.807) is 0 Å². The fourth-order valence-electron chi connectivity index (χ4n) is 2.73. The SMILES string of the molecule is Cn1c(CCCNC(=O)C2COCCN2)nc2ccccc21. The summed E-state index contributed by atoms with van der Waals surface area (Å²) >= 11 is 0. The molecule has 1 aromatic carbocycles. The van der Waals surface area contributed by atoms with Crippen molar-refractivity contribution in [1.29, 1.82) is 0 Å². The van der Waals surface area contributed by atoms with Gasteiger partial charge < -0.3 is 19.9 Å². The topological polar surface area (TPSA) is 68.2 Å². The maximum Gasteiger partial charge on any atom is 0.239 e. The molecule has 1 aliphatic rings. The van der Waals surface area contributed by atoms with Crippen molar-refractivity contribution in [2.24, 2.45) is 7.05 Å². The van der Waals surface area contributed by atoms with Crippen molar-refractivity contribution < 1.29 is 9.53 Å². The van der Waals surface area contributed by atoms with Crippen LogP contribution in [0.5, 0.6) is 0 Å². The van der Waals surface area contributed by atoms with Crippen LogP contribution in [0.1, 0.15) is 12.2 Å². The van der Waals surface area contributed by atoms with Crippen LogP contribution < -0.4 is 10.6 Å². The number of aryl methyl sites for hydroxylation is 2. The summed E-state index contributed by atoms with van der Waals surface area (Å²) in [7, 11) is 2.03. The fourth-order valence-corrected chi connectivity index (χ4v) is 2.73. The summed E-state index contributed by atoms with van der Waals surface area (Å²) in [4.78, 5) is 16.6. The maximum atomic E-state index is 11.9. The van der Waals surface area contributed by atoms with E-state index in [1.807, 2.05) is 25.2 Å². The van der Waals surface area contributed by atoms with Crippen molar-refractivity contribution >= 4 is 16.9 Å². The van der Waals surface area contributed by atoms with Gasteiger partial charge in [0.1, 0.15) is 11.9 Å². The number of rotatable bonds is 5. The third kappa shape index (κ3) is 3.28. The van der Waals surface area contributed by atoms with Crippen molar-refractivity contribution in [3.05, 3.63) is 30.1 Å².